The second-order valence-corrected chi connectivity index (χ2v) is 7.73. The van der Waals surface area contributed by atoms with Crippen molar-refractivity contribution in [3.8, 4) is 11.3 Å². The molecule has 3 aromatic rings. The van der Waals surface area contributed by atoms with Crippen LogP contribution in [0.1, 0.15) is 28.8 Å². The van der Waals surface area contributed by atoms with E-state index in [1.807, 2.05) is 25.1 Å². The van der Waals surface area contributed by atoms with E-state index in [9.17, 15) is 9.18 Å². The lowest BCUT2D eigenvalue weighted by Crippen LogP contribution is -2.72. The van der Waals surface area contributed by atoms with Gasteiger partial charge in [0.05, 0.1) is 18.3 Å². The van der Waals surface area contributed by atoms with Crippen LogP contribution in [0.4, 0.5) is 10.1 Å². The molecule has 1 aromatic heterocycles. The van der Waals surface area contributed by atoms with Gasteiger partial charge in [0.1, 0.15) is 23.3 Å². The Morgan fingerprint density at radius 2 is 2.10 bits per heavy atom. The van der Waals surface area contributed by atoms with Crippen LogP contribution in [-0.4, -0.2) is 38.9 Å². The first-order valence-corrected chi connectivity index (χ1v) is 9.93. The van der Waals surface area contributed by atoms with Gasteiger partial charge in [-0.15, -0.1) is 5.10 Å². The fourth-order valence-corrected chi connectivity index (χ4v) is 3.37. The summed E-state index contributed by atoms with van der Waals surface area (Å²) in [5, 5.41) is 22.6. The molecule has 158 valence electrons. The summed E-state index contributed by atoms with van der Waals surface area (Å²) < 4.78 is 14.9. The quantitative estimate of drug-likeness (QED) is 0.225. The number of nitrogens with zero attached hydrogens (tertiary/aromatic N) is 4. The monoisotopic (exact) mass is 420 g/mol. The molecule has 4 rings (SSSR count). The highest BCUT2D eigenvalue weighted by Crippen LogP contribution is 2.37. The van der Waals surface area contributed by atoms with Crippen LogP contribution >= 0.6 is 0 Å². The van der Waals surface area contributed by atoms with Gasteiger partial charge in [-0.1, -0.05) is 16.4 Å². The zero-order valence-corrected chi connectivity index (χ0v) is 17.0. The van der Waals surface area contributed by atoms with Gasteiger partial charge in [-0.25, -0.2) is 9.07 Å². The predicted molar refractivity (Wildman–Crippen MR) is 115 cm³/mol. The van der Waals surface area contributed by atoms with E-state index in [0.717, 1.165) is 30.2 Å². The summed E-state index contributed by atoms with van der Waals surface area (Å²) in [5.41, 5.74) is 4.85. The molecule has 0 spiro atoms. The SMILES string of the molecule is Cc1ccc([NH2+]/N=C\C=N)c(C(=O)NC2(Cn3cc(-c4ccc(F)cc4)nn3)CC2)c1. The third-order valence-electron chi connectivity index (χ3n) is 5.20. The van der Waals surface area contributed by atoms with Gasteiger partial charge in [0.25, 0.3) is 5.91 Å². The third kappa shape index (κ3) is 4.89. The van der Waals surface area contributed by atoms with Crippen molar-refractivity contribution < 1.29 is 14.6 Å². The number of rotatable bonds is 8. The Hall–Kier alpha value is -3.72. The number of nitrogens with one attached hydrogen (secondary N) is 2. The Labute approximate surface area is 178 Å². The lowest BCUT2D eigenvalue weighted by atomic mass is 10.1. The van der Waals surface area contributed by atoms with E-state index in [1.165, 1.54) is 18.3 Å². The van der Waals surface area contributed by atoms with E-state index in [1.54, 1.807) is 28.4 Å². The van der Waals surface area contributed by atoms with Gasteiger partial charge in [-0.05, 0) is 55.7 Å². The molecule has 4 N–H and O–H groups in total. The molecule has 0 radical (unpaired) electrons. The molecular weight excluding hydrogens is 397 g/mol. The summed E-state index contributed by atoms with van der Waals surface area (Å²) in [6.07, 6.45) is 5.94. The summed E-state index contributed by atoms with van der Waals surface area (Å²) >= 11 is 0. The van der Waals surface area contributed by atoms with Gasteiger partial charge in [0.15, 0.2) is 5.69 Å². The standard InChI is InChI=1S/C22H22FN7O/c1-15-2-7-19(27-25-11-10-24)18(12-15)21(31)26-22(8-9-22)14-30-13-20(28-29-30)16-3-5-17(23)6-4-16/h2-7,10-13,24,27H,8-9,14H2,1H3,(H,26,31)/p+1/b24-10?,25-11-. The van der Waals surface area contributed by atoms with Crippen molar-refractivity contribution in [1.82, 2.24) is 20.3 Å². The lowest BCUT2D eigenvalue weighted by molar-refractivity contribution is -0.576. The van der Waals surface area contributed by atoms with Crippen molar-refractivity contribution in [3.63, 3.8) is 0 Å². The maximum absolute atomic E-state index is 13.1. The molecule has 0 unspecified atom stereocenters. The van der Waals surface area contributed by atoms with Crippen LogP contribution < -0.4 is 10.7 Å². The average Bonchev–Trinajstić information content (AvgIpc) is 3.34. The van der Waals surface area contributed by atoms with Crippen LogP contribution in [0.15, 0.2) is 53.8 Å². The highest BCUT2D eigenvalue weighted by atomic mass is 19.1. The summed E-state index contributed by atoms with van der Waals surface area (Å²) in [6, 6.07) is 11.7. The fourth-order valence-electron chi connectivity index (χ4n) is 3.37. The summed E-state index contributed by atoms with van der Waals surface area (Å²) in [4.78, 5) is 13.0. The molecule has 1 saturated carbocycles. The zero-order chi connectivity index (χ0) is 21.8. The topological polar surface area (TPSA) is 113 Å². The van der Waals surface area contributed by atoms with Gasteiger partial charge in [0.2, 0.25) is 0 Å². The molecule has 1 aliphatic carbocycles. The minimum absolute atomic E-state index is 0.170. The molecule has 2 aromatic carbocycles. The first kappa shape index (κ1) is 20.5. The van der Waals surface area contributed by atoms with Gasteiger partial charge in [0, 0.05) is 17.8 Å². The second-order valence-electron chi connectivity index (χ2n) is 7.73. The highest BCUT2D eigenvalue weighted by molar-refractivity contribution is 6.14. The van der Waals surface area contributed by atoms with Crippen molar-refractivity contribution in [2.24, 2.45) is 5.10 Å². The van der Waals surface area contributed by atoms with Gasteiger partial charge in [-0.3, -0.25) is 4.79 Å². The number of benzene rings is 2. The predicted octanol–water partition coefficient (Wildman–Crippen LogP) is 2.19. The van der Waals surface area contributed by atoms with Crippen molar-refractivity contribution in [2.75, 3.05) is 0 Å². The second kappa shape index (κ2) is 8.57. The molecule has 0 saturated heterocycles. The number of aryl methyl sites for hydroxylation is 1. The van der Waals surface area contributed by atoms with Crippen LogP contribution in [0.5, 0.6) is 0 Å². The molecule has 1 amide bonds. The summed E-state index contributed by atoms with van der Waals surface area (Å²) in [5.74, 6) is -0.469. The molecule has 8 nitrogen and oxygen atoms in total. The van der Waals surface area contributed by atoms with E-state index < -0.39 is 0 Å². The minimum atomic E-state index is -0.371. The maximum atomic E-state index is 13.1. The molecular formula is C22H23FN7O+. The van der Waals surface area contributed by atoms with E-state index in [0.29, 0.717) is 23.5 Å². The Bertz CT molecular complexity index is 1130. The number of hydrogen-bond acceptors (Lipinski definition) is 5. The Balaban J connectivity index is 1.47. The van der Waals surface area contributed by atoms with Crippen molar-refractivity contribution in [3.05, 3.63) is 65.6 Å². The molecule has 0 atom stereocenters. The fraction of sp³-hybridized carbons (Fsp3) is 0.227. The van der Waals surface area contributed by atoms with E-state index >= 15 is 0 Å². The number of halogens is 1. The van der Waals surface area contributed by atoms with Crippen LogP contribution in [0.3, 0.4) is 0 Å². The van der Waals surface area contributed by atoms with Crippen LogP contribution in [0, 0.1) is 18.2 Å². The number of nitrogens with two attached hydrogens (primary N) is 1. The molecule has 0 aliphatic heterocycles. The number of aromatic nitrogens is 3. The van der Waals surface area contributed by atoms with Crippen molar-refractivity contribution >= 4 is 24.0 Å². The van der Waals surface area contributed by atoms with Crippen LogP contribution in [0.25, 0.3) is 11.3 Å². The maximum Gasteiger partial charge on any atom is 0.257 e. The Morgan fingerprint density at radius 3 is 2.81 bits per heavy atom. The van der Waals surface area contributed by atoms with Gasteiger partial charge < -0.3 is 10.7 Å². The number of hydrogen-bond donors (Lipinski definition) is 3. The highest BCUT2D eigenvalue weighted by Gasteiger charge is 2.45. The van der Waals surface area contributed by atoms with Gasteiger partial charge >= 0.3 is 0 Å². The van der Waals surface area contributed by atoms with Crippen molar-refractivity contribution in [2.45, 2.75) is 31.8 Å². The first-order valence-electron chi connectivity index (χ1n) is 9.93. The first-order chi connectivity index (χ1) is 15.0. The number of carbonyl (C=O) groups is 1. The lowest BCUT2D eigenvalue weighted by Gasteiger charge is -2.17. The van der Waals surface area contributed by atoms with E-state index in [-0.39, 0.29) is 17.3 Å². The molecule has 1 aliphatic rings. The Morgan fingerprint density at radius 1 is 1.32 bits per heavy atom. The molecule has 0 bridgehead atoms. The largest absolute Gasteiger partial charge is 0.345 e. The third-order valence-corrected chi connectivity index (χ3v) is 5.20. The Kier molecular flexibility index (Phi) is 5.68. The van der Waals surface area contributed by atoms with Crippen molar-refractivity contribution in [1.29, 1.82) is 5.41 Å². The zero-order valence-electron chi connectivity index (χ0n) is 17.0. The molecule has 1 fully saturated rings. The van der Waals surface area contributed by atoms with Crippen LogP contribution in [0.2, 0.25) is 0 Å². The molecule has 9 heteroatoms. The minimum Gasteiger partial charge on any atom is -0.345 e. The summed E-state index contributed by atoms with van der Waals surface area (Å²) in [7, 11) is 0. The van der Waals surface area contributed by atoms with E-state index in [4.69, 9.17) is 5.41 Å². The van der Waals surface area contributed by atoms with Crippen LogP contribution in [-0.2, 0) is 6.54 Å². The smallest absolute Gasteiger partial charge is 0.257 e. The summed E-state index contributed by atoms with van der Waals surface area (Å²) in [6.45, 7) is 2.43. The normalized spacial score (nSPS) is 14.5. The van der Waals surface area contributed by atoms with Gasteiger partial charge in [-0.2, -0.15) is 5.43 Å². The number of carbonyl (C=O) groups excluding carboxylic acids is 1. The molecule has 1 heterocycles. The van der Waals surface area contributed by atoms with E-state index in [2.05, 4.69) is 20.7 Å². The number of quaternary nitrogens is 1. The number of amides is 1. The molecule has 31 heavy (non-hydrogen) atoms. The average molecular weight is 420 g/mol.